The number of hydrogen-bond acceptors (Lipinski definition) is 4. The van der Waals surface area contributed by atoms with Crippen LogP contribution in [0, 0.1) is 5.82 Å². The molecule has 21 heavy (non-hydrogen) atoms. The fraction of sp³-hybridized carbons (Fsp3) is 0.0667. The lowest BCUT2D eigenvalue weighted by atomic mass is 10.1. The van der Waals surface area contributed by atoms with E-state index in [4.69, 9.17) is 10.5 Å². The largest absolute Gasteiger partial charge is 0.496 e. The Morgan fingerprint density at radius 3 is 2.67 bits per heavy atom. The van der Waals surface area contributed by atoms with Crippen LogP contribution in [0.2, 0.25) is 0 Å². The lowest BCUT2D eigenvalue weighted by Gasteiger charge is -2.07. The van der Waals surface area contributed by atoms with Gasteiger partial charge in [0.1, 0.15) is 17.3 Å². The minimum absolute atomic E-state index is 0.255. The van der Waals surface area contributed by atoms with Crippen LogP contribution < -0.4 is 10.5 Å². The Hall–Kier alpha value is -2.89. The van der Waals surface area contributed by atoms with Gasteiger partial charge in [-0.15, -0.1) is 0 Å². The quantitative estimate of drug-likeness (QED) is 0.803. The van der Waals surface area contributed by atoms with E-state index in [0.717, 1.165) is 5.69 Å². The van der Waals surface area contributed by atoms with Crippen LogP contribution >= 0.6 is 0 Å². The topological polar surface area (TPSA) is 66.0 Å². The summed E-state index contributed by atoms with van der Waals surface area (Å²) in [5.74, 6) is -0.0392. The Morgan fingerprint density at radius 2 is 1.95 bits per heavy atom. The van der Waals surface area contributed by atoms with Crippen molar-refractivity contribution in [3.63, 3.8) is 0 Å². The summed E-state index contributed by atoms with van der Waals surface area (Å²) < 4.78 is 20.9. The zero-order chi connectivity index (χ0) is 14.8. The summed E-state index contributed by atoms with van der Waals surface area (Å²) in [6, 6.07) is 8.17. The minimum atomic E-state index is -0.430. The van der Waals surface area contributed by atoms with Gasteiger partial charge in [-0.3, -0.25) is 4.98 Å². The van der Waals surface area contributed by atoms with E-state index >= 15 is 0 Å². The summed E-state index contributed by atoms with van der Waals surface area (Å²) in [4.78, 5) is 3.95. The number of benzene rings is 1. The van der Waals surface area contributed by atoms with E-state index < -0.39 is 5.82 Å². The van der Waals surface area contributed by atoms with Gasteiger partial charge < -0.3 is 10.5 Å². The SMILES string of the molecule is COc1cccc(F)c1-c1nn(-c2ccncc2)cc1N. The van der Waals surface area contributed by atoms with Gasteiger partial charge in [-0.25, -0.2) is 9.07 Å². The molecule has 0 radical (unpaired) electrons. The third-order valence-corrected chi connectivity index (χ3v) is 3.10. The van der Waals surface area contributed by atoms with Crippen molar-refractivity contribution in [1.82, 2.24) is 14.8 Å². The third kappa shape index (κ3) is 2.31. The second-order valence-electron chi connectivity index (χ2n) is 4.40. The first-order chi connectivity index (χ1) is 10.2. The van der Waals surface area contributed by atoms with E-state index in [0.29, 0.717) is 17.1 Å². The van der Waals surface area contributed by atoms with Crippen LogP contribution in [0.25, 0.3) is 16.9 Å². The third-order valence-electron chi connectivity index (χ3n) is 3.10. The van der Waals surface area contributed by atoms with E-state index in [-0.39, 0.29) is 5.56 Å². The van der Waals surface area contributed by atoms with Crippen LogP contribution in [0.3, 0.4) is 0 Å². The van der Waals surface area contributed by atoms with E-state index in [1.54, 1.807) is 47.5 Å². The standard InChI is InChI=1S/C15H13FN4O/c1-21-13-4-2-3-11(16)14(13)15-12(17)9-20(19-15)10-5-7-18-8-6-10/h2-9H,17H2,1H3. The van der Waals surface area contributed by atoms with E-state index in [9.17, 15) is 4.39 Å². The highest BCUT2D eigenvalue weighted by Gasteiger charge is 2.18. The first kappa shape index (κ1) is 13.1. The van der Waals surface area contributed by atoms with E-state index in [2.05, 4.69) is 10.1 Å². The predicted molar refractivity (Wildman–Crippen MR) is 77.7 cm³/mol. The summed E-state index contributed by atoms with van der Waals surface area (Å²) in [6.45, 7) is 0. The van der Waals surface area contributed by atoms with Crippen LogP contribution in [-0.4, -0.2) is 21.9 Å². The van der Waals surface area contributed by atoms with Crippen molar-refractivity contribution in [2.45, 2.75) is 0 Å². The number of rotatable bonds is 3. The fourth-order valence-electron chi connectivity index (χ4n) is 2.11. The number of aromatic nitrogens is 3. The fourth-order valence-corrected chi connectivity index (χ4v) is 2.11. The number of anilines is 1. The number of pyridine rings is 1. The lowest BCUT2D eigenvalue weighted by Crippen LogP contribution is -1.97. The summed E-state index contributed by atoms with van der Waals surface area (Å²) in [6.07, 6.45) is 4.93. The minimum Gasteiger partial charge on any atom is -0.496 e. The Balaban J connectivity index is 2.15. The monoisotopic (exact) mass is 284 g/mol. The first-order valence-electron chi connectivity index (χ1n) is 6.29. The average Bonchev–Trinajstić information content (AvgIpc) is 2.89. The second-order valence-corrected chi connectivity index (χ2v) is 4.40. The molecule has 0 spiro atoms. The molecule has 5 nitrogen and oxygen atoms in total. The zero-order valence-electron chi connectivity index (χ0n) is 11.3. The molecule has 0 aliphatic rings. The van der Waals surface area contributed by atoms with Crippen molar-refractivity contribution in [3.05, 3.63) is 54.7 Å². The van der Waals surface area contributed by atoms with Gasteiger partial charge >= 0.3 is 0 Å². The van der Waals surface area contributed by atoms with Gasteiger partial charge in [0.2, 0.25) is 0 Å². The summed E-state index contributed by atoms with van der Waals surface area (Å²) in [7, 11) is 1.48. The first-order valence-corrected chi connectivity index (χ1v) is 6.29. The molecule has 0 saturated heterocycles. The van der Waals surface area contributed by atoms with Crippen molar-refractivity contribution in [1.29, 1.82) is 0 Å². The average molecular weight is 284 g/mol. The van der Waals surface area contributed by atoms with Crippen LogP contribution in [0.4, 0.5) is 10.1 Å². The van der Waals surface area contributed by atoms with E-state index in [1.165, 1.54) is 13.2 Å². The highest BCUT2D eigenvalue weighted by Crippen LogP contribution is 2.35. The van der Waals surface area contributed by atoms with Crippen LogP contribution in [0.15, 0.2) is 48.9 Å². The van der Waals surface area contributed by atoms with Crippen molar-refractivity contribution in [3.8, 4) is 22.7 Å². The van der Waals surface area contributed by atoms with Gasteiger partial charge in [-0.1, -0.05) is 6.07 Å². The molecule has 2 heterocycles. The van der Waals surface area contributed by atoms with Gasteiger partial charge in [-0.2, -0.15) is 5.10 Å². The summed E-state index contributed by atoms with van der Waals surface area (Å²) in [5.41, 5.74) is 7.75. The number of nitrogens with zero attached hydrogens (tertiary/aromatic N) is 3. The van der Waals surface area contributed by atoms with Gasteiger partial charge in [0.15, 0.2) is 0 Å². The Bertz CT molecular complexity index is 771. The molecule has 0 saturated carbocycles. The Morgan fingerprint density at radius 1 is 1.19 bits per heavy atom. The molecule has 3 aromatic rings. The number of methoxy groups -OCH3 is 1. The Labute approximate surface area is 120 Å². The van der Waals surface area contributed by atoms with Gasteiger partial charge in [0.05, 0.1) is 30.2 Å². The molecule has 0 aliphatic carbocycles. The molecular formula is C15H13FN4O. The lowest BCUT2D eigenvalue weighted by molar-refractivity contribution is 0.413. The van der Waals surface area contributed by atoms with Crippen LogP contribution in [0.1, 0.15) is 0 Å². The maximum atomic E-state index is 14.1. The Kier molecular flexibility index (Phi) is 3.27. The van der Waals surface area contributed by atoms with Gasteiger partial charge in [0.25, 0.3) is 0 Å². The predicted octanol–water partition coefficient (Wildman–Crippen LogP) is 2.66. The second kappa shape index (κ2) is 5.24. The summed E-state index contributed by atoms with van der Waals surface area (Å²) in [5, 5.41) is 4.36. The molecule has 2 aromatic heterocycles. The zero-order valence-corrected chi connectivity index (χ0v) is 11.3. The molecule has 0 amide bonds. The molecule has 1 aromatic carbocycles. The van der Waals surface area contributed by atoms with Crippen LogP contribution in [0.5, 0.6) is 5.75 Å². The maximum absolute atomic E-state index is 14.1. The molecule has 0 fully saturated rings. The molecule has 0 bridgehead atoms. The molecule has 3 rings (SSSR count). The van der Waals surface area contributed by atoms with Crippen molar-refractivity contribution < 1.29 is 9.13 Å². The number of nitrogen functional groups attached to an aromatic ring is 1. The van der Waals surface area contributed by atoms with Crippen molar-refractivity contribution >= 4 is 5.69 Å². The van der Waals surface area contributed by atoms with Crippen molar-refractivity contribution in [2.75, 3.05) is 12.8 Å². The molecule has 0 atom stereocenters. The van der Waals surface area contributed by atoms with Crippen molar-refractivity contribution in [2.24, 2.45) is 0 Å². The normalized spacial score (nSPS) is 10.6. The number of hydrogen-bond donors (Lipinski definition) is 1. The molecule has 6 heteroatoms. The number of ether oxygens (including phenoxy) is 1. The van der Waals surface area contributed by atoms with Gasteiger partial charge in [-0.05, 0) is 24.3 Å². The van der Waals surface area contributed by atoms with E-state index in [1.807, 2.05) is 0 Å². The number of nitrogens with two attached hydrogens (primary N) is 1. The smallest absolute Gasteiger partial charge is 0.136 e. The molecule has 106 valence electrons. The summed E-state index contributed by atoms with van der Waals surface area (Å²) >= 11 is 0. The maximum Gasteiger partial charge on any atom is 0.136 e. The molecule has 0 aliphatic heterocycles. The van der Waals surface area contributed by atoms with Gasteiger partial charge in [0, 0.05) is 12.4 Å². The molecular weight excluding hydrogens is 271 g/mol. The molecule has 2 N–H and O–H groups in total. The van der Waals surface area contributed by atoms with Crippen LogP contribution in [-0.2, 0) is 0 Å². The molecule has 0 unspecified atom stereocenters. The highest BCUT2D eigenvalue weighted by molar-refractivity contribution is 5.77. The highest BCUT2D eigenvalue weighted by atomic mass is 19.1. The number of halogens is 1.